The molecule has 2 unspecified atom stereocenters. The van der Waals surface area contributed by atoms with E-state index >= 15 is 0 Å². The lowest BCUT2D eigenvalue weighted by Gasteiger charge is -2.33. The standard InChI is InChI=1S/C16H24N4O/c21-16(14-7-6-12-4-1-2-8-19(12)14)18-11-13-10-17-15-5-3-9-20(13)15/h10,12,14H,1-9,11H2,(H,18,21). The van der Waals surface area contributed by atoms with Gasteiger partial charge in [0.2, 0.25) is 5.91 Å². The summed E-state index contributed by atoms with van der Waals surface area (Å²) in [5, 5.41) is 3.15. The Hall–Kier alpha value is -1.36. The SMILES string of the molecule is O=C(NCc1cnc2n1CCC2)C1CCC2CCCCN21. The molecule has 1 aromatic rings. The van der Waals surface area contributed by atoms with Crippen LogP contribution in [0.4, 0.5) is 0 Å². The molecule has 4 rings (SSSR count). The summed E-state index contributed by atoms with van der Waals surface area (Å²) >= 11 is 0. The molecule has 3 aliphatic rings. The highest BCUT2D eigenvalue weighted by Gasteiger charge is 2.38. The maximum atomic E-state index is 12.5. The number of rotatable bonds is 3. The van der Waals surface area contributed by atoms with Gasteiger partial charge in [-0.15, -0.1) is 0 Å². The molecule has 114 valence electrons. The zero-order chi connectivity index (χ0) is 14.2. The first kappa shape index (κ1) is 13.3. The second kappa shape index (κ2) is 5.44. The Morgan fingerprint density at radius 2 is 2.19 bits per heavy atom. The third kappa shape index (κ3) is 2.37. The number of carbonyl (C=O) groups is 1. The number of nitrogens with one attached hydrogen (secondary N) is 1. The van der Waals surface area contributed by atoms with Crippen LogP contribution in [0.2, 0.25) is 0 Å². The fourth-order valence-corrected chi connectivity index (χ4v) is 4.30. The van der Waals surface area contributed by atoms with E-state index in [9.17, 15) is 4.79 Å². The molecule has 2 fully saturated rings. The molecule has 0 radical (unpaired) electrons. The van der Waals surface area contributed by atoms with Crippen molar-refractivity contribution < 1.29 is 4.79 Å². The van der Waals surface area contributed by atoms with Crippen molar-refractivity contribution in [3.63, 3.8) is 0 Å². The third-order valence-corrected chi connectivity index (χ3v) is 5.40. The van der Waals surface area contributed by atoms with Crippen molar-refractivity contribution in [1.29, 1.82) is 0 Å². The van der Waals surface area contributed by atoms with Crippen molar-refractivity contribution in [3.8, 4) is 0 Å². The smallest absolute Gasteiger partial charge is 0.237 e. The highest BCUT2D eigenvalue weighted by Crippen LogP contribution is 2.31. The Morgan fingerprint density at radius 3 is 3.14 bits per heavy atom. The second-order valence-corrected chi connectivity index (χ2v) is 6.62. The van der Waals surface area contributed by atoms with E-state index in [4.69, 9.17) is 0 Å². The first-order valence-corrected chi connectivity index (χ1v) is 8.39. The number of nitrogens with zero attached hydrogens (tertiary/aromatic N) is 3. The molecule has 4 heterocycles. The maximum absolute atomic E-state index is 12.5. The average molecular weight is 288 g/mol. The number of hydrogen-bond acceptors (Lipinski definition) is 3. The quantitative estimate of drug-likeness (QED) is 0.916. The fourth-order valence-electron chi connectivity index (χ4n) is 4.30. The van der Waals surface area contributed by atoms with Gasteiger partial charge in [-0.3, -0.25) is 9.69 Å². The van der Waals surface area contributed by atoms with Gasteiger partial charge in [0.1, 0.15) is 5.82 Å². The van der Waals surface area contributed by atoms with Gasteiger partial charge >= 0.3 is 0 Å². The van der Waals surface area contributed by atoms with E-state index in [0.717, 1.165) is 31.6 Å². The van der Waals surface area contributed by atoms with E-state index in [1.54, 1.807) is 0 Å². The van der Waals surface area contributed by atoms with Gasteiger partial charge < -0.3 is 9.88 Å². The maximum Gasteiger partial charge on any atom is 0.237 e. The van der Waals surface area contributed by atoms with Gasteiger partial charge in [-0.25, -0.2) is 4.98 Å². The van der Waals surface area contributed by atoms with Gasteiger partial charge in [0.25, 0.3) is 0 Å². The topological polar surface area (TPSA) is 50.2 Å². The lowest BCUT2D eigenvalue weighted by molar-refractivity contribution is -0.126. The molecule has 3 aliphatic heterocycles. The normalized spacial score (nSPS) is 28.4. The van der Waals surface area contributed by atoms with E-state index in [0.29, 0.717) is 12.6 Å². The number of hydrogen-bond donors (Lipinski definition) is 1. The summed E-state index contributed by atoms with van der Waals surface area (Å²) in [6, 6.07) is 0.769. The fraction of sp³-hybridized carbons (Fsp3) is 0.750. The van der Waals surface area contributed by atoms with E-state index in [2.05, 4.69) is 19.8 Å². The monoisotopic (exact) mass is 288 g/mol. The van der Waals surface area contributed by atoms with Crippen molar-refractivity contribution in [3.05, 3.63) is 17.7 Å². The van der Waals surface area contributed by atoms with E-state index in [1.807, 2.05) is 6.20 Å². The van der Waals surface area contributed by atoms with Gasteiger partial charge in [0.05, 0.1) is 24.5 Å². The van der Waals surface area contributed by atoms with Crippen LogP contribution in [0.1, 0.15) is 50.0 Å². The van der Waals surface area contributed by atoms with Crippen molar-refractivity contribution in [2.45, 2.75) is 70.1 Å². The van der Waals surface area contributed by atoms with Crippen molar-refractivity contribution in [2.75, 3.05) is 6.54 Å². The lowest BCUT2D eigenvalue weighted by atomic mass is 10.0. The lowest BCUT2D eigenvalue weighted by Crippen LogP contribution is -2.47. The average Bonchev–Trinajstić information content (AvgIpc) is 3.20. The molecule has 5 nitrogen and oxygen atoms in total. The predicted molar refractivity (Wildman–Crippen MR) is 79.8 cm³/mol. The van der Waals surface area contributed by atoms with Crippen LogP contribution in [0.3, 0.4) is 0 Å². The molecule has 5 heteroatoms. The van der Waals surface area contributed by atoms with Crippen LogP contribution in [-0.2, 0) is 24.3 Å². The minimum atomic E-state index is 0.108. The minimum absolute atomic E-state index is 0.108. The molecule has 0 saturated carbocycles. The largest absolute Gasteiger partial charge is 0.349 e. The molecule has 1 aromatic heterocycles. The van der Waals surface area contributed by atoms with Crippen LogP contribution in [-0.4, -0.2) is 39.0 Å². The summed E-state index contributed by atoms with van der Waals surface area (Å²) in [6.45, 7) is 2.78. The first-order valence-electron chi connectivity index (χ1n) is 8.39. The minimum Gasteiger partial charge on any atom is -0.349 e. The molecule has 0 spiro atoms. The van der Waals surface area contributed by atoms with Crippen LogP contribution >= 0.6 is 0 Å². The molecule has 0 aliphatic carbocycles. The number of piperidine rings is 1. The Labute approximate surface area is 125 Å². The summed E-state index contributed by atoms with van der Waals surface area (Å²) in [5.41, 5.74) is 1.16. The van der Waals surface area contributed by atoms with Crippen molar-refractivity contribution >= 4 is 5.91 Å². The summed E-state index contributed by atoms with van der Waals surface area (Å²) in [7, 11) is 0. The molecule has 1 N–H and O–H groups in total. The number of imidazole rings is 1. The van der Waals surface area contributed by atoms with Gasteiger partial charge in [-0.1, -0.05) is 6.42 Å². The van der Waals surface area contributed by atoms with Crippen LogP contribution < -0.4 is 5.32 Å². The highest BCUT2D eigenvalue weighted by molar-refractivity contribution is 5.82. The van der Waals surface area contributed by atoms with Crippen LogP contribution in [0.5, 0.6) is 0 Å². The zero-order valence-electron chi connectivity index (χ0n) is 12.6. The molecule has 0 aromatic carbocycles. The Morgan fingerprint density at radius 1 is 1.24 bits per heavy atom. The molecular weight excluding hydrogens is 264 g/mol. The first-order chi connectivity index (χ1) is 10.3. The third-order valence-electron chi connectivity index (χ3n) is 5.40. The number of aromatic nitrogens is 2. The van der Waals surface area contributed by atoms with Gasteiger partial charge in [-0.05, 0) is 38.6 Å². The molecule has 2 saturated heterocycles. The van der Waals surface area contributed by atoms with Crippen molar-refractivity contribution in [2.24, 2.45) is 0 Å². The molecule has 2 atom stereocenters. The molecule has 0 bridgehead atoms. The van der Waals surface area contributed by atoms with E-state index < -0.39 is 0 Å². The summed E-state index contributed by atoms with van der Waals surface area (Å²) in [6.07, 6.45) is 10.3. The second-order valence-electron chi connectivity index (χ2n) is 6.62. The number of carbonyl (C=O) groups excluding carboxylic acids is 1. The van der Waals surface area contributed by atoms with Gasteiger partial charge in [0.15, 0.2) is 0 Å². The van der Waals surface area contributed by atoms with Crippen LogP contribution in [0, 0.1) is 0 Å². The molecular formula is C16H24N4O. The molecule has 21 heavy (non-hydrogen) atoms. The van der Waals surface area contributed by atoms with E-state index in [1.165, 1.54) is 37.9 Å². The Balaban J connectivity index is 1.37. The Kier molecular flexibility index (Phi) is 3.45. The number of aryl methyl sites for hydroxylation is 1. The number of fused-ring (bicyclic) bond motifs is 2. The predicted octanol–water partition coefficient (Wildman–Crippen LogP) is 1.46. The highest BCUT2D eigenvalue weighted by atomic mass is 16.2. The van der Waals surface area contributed by atoms with Gasteiger partial charge in [-0.2, -0.15) is 0 Å². The summed E-state index contributed by atoms with van der Waals surface area (Å²) in [5.74, 6) is 1.39. The van der Waals surface area contributed by atoms with Crippen LogP contribution in [0.25, 0.3) is 0 Å². The summed E-state index contributed by atoms with van der Waals surface area (Å²) in [4.78, 5) is 19.4. The molecule has 1 amide bonds. The van der Waals surface area contributed by atoms with Crippen molar-refractivity contribution in [1.82, 2.24) is 19.8 Å². The zero-order valence-corrected chi connectivity index (χ0v) is 12.6. The summed E-state index contributed by atoms with van der Waals surface area (Å²) < 4.78 is 2.26. The Bertz CT molecular complexity index is 538. The number of amides is 1. The van der Waals surface area contributed by atoms with Crippen LogP contribution in [0.15, 0.2) is 6.20 Å². The van der Waals surface area contributed by atoms with Gasteiger partial charge in [0, 0.05) is 19.0 Å². The van der Waals surface area contributed by atoms with E-state index in [-0.39, 0.29) is 11.9 Å².